The van der Waals surface area contributed by atoms with Crippen LogP contribution in [0.1, 0.15) is 0 Å². The molecule has 7 nitrogen and oxygen atoms in total. The normalized spacial score (nSPS) is 11.4. The second kappa shape index (κ2) is 6.77. The van der Waals surface area contributed by atoms with E-state index in [2.05, 4.69) is 36.2 Å². The number of rotatable bonds is 3. The van der Waals surface area contributed by atoms with Gasteiger partial charge in [0.2, 0.25) is 0 Å². The lowest BCUT2D eigenvalue weighted by molar-refractivity contribution is 0.473. The Morgan fingerprint density at radius 3 is 2.65 bits per heavy atom. The van der Waals surface area contributed by atoms with Gasteiger partial charge in [-0.15, -0.1) is 0 Å². The van der Waals surface area contributed by atoms with E-state index in [0.717, 1.165) is 55.7 Å². The summed E-state index contributed by atoms with van der Waals surface area (Å²) in [6.07, 6.45) is 6.71. The van der Waals surface area contributed by atoms with Crippen molar-refractivity contribution < 1.29 is 5.11 Å². The molecular weight excluding hydrogens is 388 g/mol. The summed E-state index contributed by atoms with van der Waals surface area (Å²) in [6.45, 7) is 0. The molecule has 3 N–H and O–H groups in total. The minimum atomic E-state index is 0.133. The first-order chi connectivity index (χ1) is 15.3. The maximum atomic E-state index is 9.78. The van der Waals surface area contributed by atoms with Gasteiger partial charge in [0.1, 0.15) is 17.1 Å². The summed E-state index contributed by atoms with van der Waals surface area (Å²) in [5, 5.41) is 19.4. The molecule has 6 aromatic rings. The number of nitrogens with zero attached hydrogens (tertiary/aromatic N) is 4. The van der Waals surface area contributed by atoms with E-state index in [4.69, 9.17) is 0 Å². The molecule has 0 unspecified atom stereocenters. The average molecular weight is 404 g/mol. The largest absolute Gasteiger partial charge is 0.506 e. The van der Waals surface area contributed by atoms with Crippen LogP contribution < -0.4 is 0 Å². The highest BCUT2D eigenvalue weighted by Gasteiger charge is 2.15. The first-order valence-electron chi connectivity index (χ1n) is 9.78. The number of benzene rings is 1. The quantitative estimate of drug-likeness (QED) is 0.388. The summed E-state index contributed by atoms with van der Waals surface area (Å²) in [5.41, 5.74) is 7.06. The highest BCUT2D eigenvalue weighted by atomic mass is 16.3. The number of aromatic amines is 2. The number of fused-ring (bicyclic) bond motifs is 2. The van der Waals surface area contributed by atoms with Crippen LogP contribution >= 0.6 is 0 Å². The molecule has 0 atom stereocenters. The number of nitrogens with one attached hydrogen (secondary N) is 2. The fraction of sp³-hybridized carbons (Fsp3) is 0. The molecule has 0 spiro atoms. The van der Waals surface area contributed by atoms with Crippen molar-refractivity contribution in [2.45, 2.75) is 0 Å². The highest BCUT2D eigenvalue weighted by molar-refractivity contribution is 6.00. The number of aromatic nitrogens is 6. The topological polar surface area (TPSA) is 103 Å². The van der Waals surface area contributed by atoms with Gasteiger partial charge in [0.25, 0.3) is 0 Å². The molecule has 31 heavy (non-hydrogen) atoms. The number of aromatic hydroxyl groups is 1. The predicted molar refractivity (Wildman–Crippen MR) is 119 cm³/mol. The van der Waals surface area contributed by atoms with Gasteiger partial charge in [-0.3, -0.25) is 15.1 Å². The molecule has 1 aromatic carbocycles. The van der Waals surface area contributed by atoms with Crippen molar-refractivity contribution in [3.8, 4) is 39.5 Å². The molecule has 0 amide bonds. The number of hydrogen-bond acceptors (Lipinski definition) is 5. The lowest BCUT2D eigenvalue weighted by Gasteiger charge is -2.02. The fourth-order valence-corrected chi connectivity index (χ4v) is 3.88. The summed E-state index contributed by atoms with van der Waals surface area (Å²) in [7, 11) is 0. The molecule has 0 aliphatic carbocycles. The first-order valence-corrected chi connectivity index (χ1v) is 9.78. The molecule has 6 rings (SSSR count). The summed E-state index contributed by atoms with van der Waals surface area (Å²) in [4.78, 5) is 16.5. The molecule has 0 aliphatic heterocycles. The highest BCUT2D eigenvalue weighted by Crippen LogP contribution is 2.34. The van der Waals surface area contributed by atoms with E-state index < -0.39 is 0 Å². The fourth-order valence-electron chi connectivity index (χ4n) is 3.88. The van der Waals surface area contributed by atoms with E-state index in [1.54, 1.807) is 24.7 Å². The third-order valence-electron chi connectivity index (χ3n) is 5.35. The molecule has 7 heteroatoms. The predicted octanol–water partition coefficient (Wildman–Crippen LogP) is 4.94. The van der Waals surface area contributed by atoms with Crippen LogP contribution in [0.15, 0.2) is 79.4 Å². The Bertz CT molecular complexity index is 1550. The summed E-state index contributed by atoms with van der Waals surface area (Å²) < 4.78 is 0. The van der Waals surface area contributed by atoms with Crippen LogP contribution in [0.5, 0.6) is 5.75 Å². The van der Waals surface area contributed by atoms with Crippen molar-refractivity contribution in [1.29, 1.82) is 0 Å². The van der Waals surface area contributed by atoms with Crippen molar-refractivity contribution in [3.05, 3.63) is 79.4 Å². The molecule has 5 heterocycles. The third kappa shape index (κ3) is 2.91. The molecule has 0 bridgehead atoms. The van der Waals surface area contributed by atoms with E-state index in [1.807, 2.05) is 42.5 Å². The van der Waals surface area contributed by atoms with Gasteiger partial charge in [-0.2, -0.15) is 5.10 Å². The number of hydrogen-bond donors (Lipinski definition) is 3. The Kier molecular flexibility index (Phi) is 3.79. The van der Waals surface area contributed by atoms with Gasteiger partial charge in [-0.1, -0.05) is 12.1 Å². The maximum absolute atomic E-state index is 9.78. The smallest absolute Gasteiger partial charge is 0.138 e. The van der Waals surface area contributed by atoms with E-state index in [0.29, 0.717) is 0 Å². The summed E-state index contributed by atoms with van der Waals surface area (Å²) in [6, 6.07) is 17.6. The Morgan fingerprint density at radius 2 is 1.77 bits per heavy atom. The zero-order chi connectivity index (χ0) is 20.8. The van der Waals surface area contributed by atoms with Crippen molar-refractivity contribution >= 4 is 21.9 Å². The molecule has 0 saturated carbocycles. The van der Waals surface area contributed by atoms with Gasteiger partial charge in [0, 0.05) is 40.5 Å². The van der Waals surface area contributed by atoms with Crippen LogP contribution in [0.25, 0.3) is 55.7 Å². The molecule has 0 saturated heterocycles. The SMILES string of the molecule is Oc1cncc(-c2ccc3[nH]nc(-c4cc5c(-c6ccccn6)ccnc5[nH]4)c3c2)c1. The van der Waals surface area contributed by atoms with Gasteiger partial charge in [-0.05, 0) is 48.0 Å². The van der Waals surface area contributed by atoms with Crippen molar-refractivity contribution in [1.82, 2.24) is 30.1 Å². The second-order valence-electron chi connectivity index (χ2n) is 7.28. The van der Waals surface area contributed by atoms with Gasteiger partial charge in [-0.25, -0.2) is 4.98 Å². The molecule has 148 valence electrons. The number of pyridine rings is 3. The number of H-pyrrole nitrogens is 2. The van der Waals surface area contributed by atoms with E-state index in [-0.39, 0.29) is 5.75 Å². The van der Waals surface area contributed by atoms with Crippen LogP contribution in [0.3, 0.4) is 0 Å². The van der Waals surface area contributed by atoms with Crippen LogP contribution in [-0.4, -0.2) is 35.2 Å². The molecular formula is C24H16N6O. The Morgan fingerprint density at radius 1 is 0.806 bits per heavy atom. The average Bonchev–Trinajstić information content (AvgIpc) is 3.43. The Labute approximate surface area is 176 Å². The lowest BCUT2D eigenvalue weighted by Crippen LogP contribution is -1.84. The monoisotopic (exact) mass is 404 g/mol. The van der Waals surface area contributed by atoms with Gasteiger partial charge < -0.3 is 10.1 Å². The first kappa shape index (κ1) is 17.3. The lowest BCUT2D eigenvalue weighted by atomic mass is 10.0. The summed E-state index contributed by atoms with van der Waals surface area (Å²) in [5.74, 6) is 0.133. The van der Waals surface area contributed by atoms with Gasteiger partial charge in [0.15, 0.2) is 0 Å². The zero-order valence-corrected chi connectivity index (χ0v) is 16.2. The second-order valence-corrected chi connectivity index (χ2v) is 7.28. The van der Waals surface area contributed by atoms with Gasteiger partial charge >= 0.3 is 0 Å². The van der Waals surface area contributed by atoms with Crippen LogP contribution in [0, 0.1) is 0 Å². The standard InChI is InChI=1S/C24H16N6O/c31-16-9-15(12-25-13-16)14-4-5-21-19(10-14)23(30-29-21)22-11-18-17(6-8-27-24(18)28-22)20-3-1-2-7-26-20/h1-13,31H,(H,27,28)(H,29,30). The van der Waals surface area contributed by atoms with Crippen LogP contribution in [0.4, 0.5) is 0 Å². The Balaban J connectivity index is 1.51. The van der Waals surface area contributed by atoms with E-state index >= 15 is 0 Å². The van der Waals surface area contributed by atoms with Crippen LogP contribution in [-0.2, 0) is 0 Å². The molecule has 0 fully saturated rings. The molecule has 0 aliphatic rings. The van der Waals surface area contributed by atoms with Crippen LogP contribution in [0.2, 0.25) is 0 Å². The summed E-state index contributed by atoms with van der Waals surface area (Å²) >= 11 is 0. The molecule has 5 aromatic heterocycles. The van der Waals surface area contributed by atoms with E-state index in [9.17, 15) is 5.11 Å². The van der Waals surface area contributed by atoms with Gasteiger partial charge in [0.05, 0.1) is 23.1 Å². The Hall–Kier alpha value is -4.52. The van der Waals surface area contributed by atoms with Crippen molar-refractivity contribution in [2.24, 2.45) is 0 Å². The minimum Gasteiger partial charge on any atom is -0.506 e. The minimum absolute atomic E-state index is 0.133. The third-order valence-corrected chi connectivity index (χ3v) is 5.35. The van der Waals surface area contributed by atoms with E-state index in [1.165, 1.54) is 6.20 Å². The van der Waals surface area contributed by atoms with Crippen molar-refractivity contribution in [2.75, 3.05) is 0 Å². The zero-order valence-electron chi connectivity index (χ0n) is 16.2. The maximum Gasteiger partial charge on any atom is 0.138 e. The molecule has 0 radical (unpaired) electrons. The van der Waals surface area contributed by atoms with Crippen molar-refractivity contribution in [3.63, 3.8) is 0 Å².